The van der Waals surface area contributed by atoms with Crippen molar-refractivity contribution >= 4 is 40.0 Å². The topological polar surface area (TPSA) is 135 Å². The number of carbonyl (C=O) groups excluding carboxylic acids is 1. The standard InChI is InChI=1S/C36H52N8O4S/c1-9-11-12-13-14-32(48-31-18-15-24(3)21-26(31)5)36(45)37-23-27(6)34-40-35-33(28(7)41-44(35)42-34)39-30-17-16-29(22-25(30)4)43(10-2)20-19-38-49(46)47-8/h15-18,21-22,27,32,38H,9-14,19-20,23H2,1-8H3,(H,37,45). The molecular formula is C36H52N8O4S. The van der Waals surface area contributed by atoms with Gasteiger partial charge in [0.05, 0.1) is 18.5 Å². The average Bonchev–Trinajstić information content (AvgIpc) is 3.62. The maximum Gasteiger partial charge on any atom is 0.261 e. The van der Waals surface area contributed by atoms with Gasteiger partial charge in [-0.05, 0) is 82.9 Å². The van der Waals surface area contributed by atoms with Crippen LogP contribution in [0.1, 0.15) is 94.1 Å². The molecule has 1 amide bonds. The zero-order chi connectivity index (χ0) is 35.5. The van der Waals surface area contributed by atoms with Crippen molar-refractivity contribution in [3.05, 3.63) is 64.7 Å². The van der Waals surface area contributed by atoms with Crippen molar-refractivity contribution in [1.82, 2.24) is 24.9 Å². The van der Waals surface area contributed by atoms with Gasteiger partial charge < -0.3 is 15.0 Å². The molecule has 0 spiro atoms. The first-order chi connectivity index (χ1) is 23.5. The zero-order valence-corrected chi connectivity index (χ0v) is 31.0. The molecule has 2 aromatic carbocycles. The van der Waals surface area contributed by atoms with Crippen molar-refractivity contribution in [3.8, 4) is 5.75 Å². The first kappa shape index (κ1) is 37.9. The summed E-state index contributed by atoms with van der Waals surface area (Å²) in [5.41, 5.74) is 6.44. The number of aliphatic imine (C=N–C) groups is 1. The molecule has 12 nitrogen and oxygen atoms in total. The van der Waals surface area contributed by atoms with Crippen LogP contribution < -0.4 is 19.7 Å². The highest BCUT2D eigenvalue weighted by atomic mass is 32.2. The fraction of sp³-hybridized carbons (Fsp3) is 0.528. The predicted octanol–water partition coefficient (Wildman–Crippen LogP) is 5.84. The van der Waals surface area contributed by atoms with E-state index in [0.29, 0.717) is 43.4 Å². The van der Waals surface area contributed by atoms with Crippen molar-refractivity contribution in [2.24, 2.45) is 10.1 Å². The van der Waals surface area contributed by atoms with Crippen molar-refractivity contribution in [2.45, 2.75) is 92.6 Å². The molecule has 0 bridgehead atoms. The number of aromatic nitrogens is 3. The number of ether oxygens (including phenoxy) is 1. The third-order valence-corrected chi connectivity index (χ3v) is 9.30. The van der Waals surface area contributed by atoms with E-state index >= 15 is 0 Å². The van der Waals surface area contributed by atoms with Crippen LogP contribution in [0.2, 0.25) is 0 Å². The lowest BCUT2D eigenvalue weighted by Gasteiger charge is -2.23. The Morgan fingerprint density at radius 2 is 1.86 bits per heavy atom. The minimum Gasteiger partial charge on any atom is -0.480 e. The summed E-state index contributed by atoms with van der Waals surface area (Å²) < 4.78 is 25.4. The van der Waals surface area contributed by atoms with Crippen LogP contribution in [0.5, 0.6) is 5.75 Å². The molecule has 13 heteroatoms. The highest BCUT2D eigenvalue weighted by Gasteiger charge is 2.28. The van der Waals surface area contributed by atoms with E-state index in [4.69, 9.17) is 18.9 Å². The molecule has 3 unspecified atom stereocenters. The monoisotopic (exact) mass is 692 g/mol. The Morgan fingerprint density at radius 1 is 1.06 bits per heavy atom. The molecule has 1 aliphatic rings. The molecule has 3 atom stereocenters. The van der Waals surface area contributed by atoms with Gasteiger partial charge in [-0.3, -0.25) is 8.98 Å². The Morgan fingerprint density at radius 3 is 2.55 bits per heavy atom. The molecule has 1 aliphatic heterocycles. The van der Waals surface area contributed by atoms with Crippen molar-refractivity contribution in [1.29, 1.82) is 0 Å². The number of nitrogens with zero attached hydrogens (tertiary/aromatic N) is 6. The van der Waals surface area contributed by atoms with Crippen LogP contribution in [0.15, 0.2) is 46.5 Å². The quantitative estimate of drug-likeness (QED) is 0.151. The van der Waals surface area contributed by atoms with Crippen LogP contribution in [0.3, 0.4) is 0 Å². The number of unbranched alkanes of at least 4 members (excludes halogenated alkanes) is 3. The van der Waals surface area contributed by atoms with Crippen LogP contribution in [-0.4, -0.2) is 75.8 Å². The Kier molecular flexibility index (Phi) is 14.0. The highest BCUT2D eigenvalue weighted by Crippen LogP contribution is 2.27. The molecule has 0 aliphatic carbocycles. The van der Waals surface area contributed by atoms with Gasteiger partial charge in [0.25, 0.3) is 5.91 Å². The zero-order valence-electron chi connectivity index (χ0n) is 30.2. The second-order valence-corrected chi connectivity index (χ2v) is 13.6. The van der Waals surface area contributed by atoms with Gasteiger partial charge in [0, 0.05) is 37.8 Å². The van der Waals surface area contributed by atoms with E-state index in [1.807, 2.05) is 58.9 Å². The van der Waals surface area contributed by atoms with Crippen LogP contribution in [0.4, 0.5) is 11.4 Å². The Balaban J connectivity index is 1.43. The van der Waals surface area contributed by atoms with Crippen LogP contribution >= 0.6 is 0 Å². The third kappa shape index (κ3) is 10.3. The van der Waals surface area contributed by atoms with Gasteiger partial charge >= 0.3 is 0 Å². The molecule has 0 radical (unpaired) electrons. The number of carbonyl (C=O) groups is 1. The lowest BCUT2D eigenvalue weighted by molar-refractivity contribution is -0.128. The summed E-state index contributed by atoms with van der Waals surface area (Å²) in [6.07, 6.45) is 4.35. The van der Waals surface area contributed by atoms with Gasteiger partial charge in [-0.15, -0.1) is 9.89 Å². The van der Waals surface area contributed by atoms with Crippen LogP contribution in [0.25, 0.3) is 0 Å². The summed E-state index contributed by atoms with van der Waals surface area (Å²) in [4.78, 5) is 26.9. The maximum absolute atomic E-state index is 13.4. The Labute approximate surface area is 293 Å². The van der Waals surface area contributed by atoms with Crippen molar-refractivity contribution < 1.29 is 17.9 Å². The number of anilines is 1. The molecule has 0 saturated heterocycles. The lowest BCUT2D eigenvalue weighted by atomic mass is 10.1. The van der Waals surface area contributed by atoms with E-state index in [1.165, 1.54) is 11.9 Å². The summed E-state index contributed by atoms with van der Waals surface area (Å²) in [7, 11) is 1.40. The van der Waals surface area contributed by atoms with E-state index in [2.05, 4.69) is 51.1 Å². The van der Waals surface area contributed by atoms with Crippen LogP contribution in [0, 0.1) is 20.8 Å². The van der Waals surface area contributed by atoms with Gasteiger partial charge in [0.1, 0.15) is 11.5 Å². The predicted molar refractivity (Wildman–Crippen MR) is 197 cm³/mol. The first-order valence-electron chi connectivity index (χ1n) is 17.2. The van der Waals surface area contributed by atoms with E-state index in [-0.39, 0.29) is 11.8 Å². The molecule has 2 N–H and O–H groups in total. The second kappa shape index (κ2) is 18.2. The minimum atomic E-state index is -1.49. The number of aryl methyl sites for hydroxylation is 3. The summed E-state index contributed by atoms with van der Waals surface area (Å²) in [5, 5.41) is 12.3. The van der Waals surface area contributed by atoms with Gasteiger partial charge in [-0.2, -0.15) is 5.10 Å². The molecule has 266 valence electrons. The summed E-state index contributed by atoms with van der Waals surface area (Å²) >= 11 is -1.49. The Hall–Kier alpha value is -3.94. The third-order valence-electron chi connectivity index (χ3n) is 8.55. The SMILES string of the molecule is CCCCCCC(Oc1ccc(C)cc1C)C(=O)NCC(C)c1nc2n(n1)N=C(C)C2=Nc1ccc(N(CC)CCNS(=O)OC)cc1C. The number of hydrogen-bond donors (Lipinski definition) is 2. The molecule has 49 heavy (non-hydrogen) atoms. The maximum atomic E-state index is 13.4. The van der Waals surface area contributed by atoms with Gasteiger partial charge in [0.2, 0.25) is 17.1 Å². The van der Waals surface area contributed by atoms with Gasteiger partial charge in [-0.25, -0.2) is 18.9 Å². The number of amides is 1. The second-order valence-electron chi connectivity index (χ2n) is 12.5. The molecule has 2 heterocycles. The van der Waals surface area contributed by atoms with Crippen LogP contribution in [-0.2, 0) is 20.2 Å². The van der Waals surface area contributed by atoms with Gasteiger partial charge in [-0.1, -0.05) is 50.8 Å². The number of nitrogens with one attached hydrogen (secondary N) is 2. The molecule has 0 saturated carbocycles. The number of fused-ring (bicyclic) bond motifs is 1. The highest BCUT2D eigenvalue weighted by molar-refractivity contribution is 7.78. The molecular weight excluding hydrogens is 641 g/mol. The molecule has 4 rings (SSSR count). The van der Waals surface area contributed by atoms with E-state index < -0.39 is 17.4 Å². The van der Waals surface area contributed by atoms with E-state index in [0.717, 1.165) is 71.8 Å². The van der Waals surface area contributed by atoms with Crippen molar-refractivity contribution in [3.63, 3.8) is 0 Å². The normalized spacial score (nSPS) is 15.1. The lowest BCUT2D eigenvalue weighted by Crippen LogP contribution is -2.40. The number of likely N-dealkylation sites (N-methyl/N-ethyl adjacent to an activating group) is 1. The smallest absolute Gasteiger partial charge is 0.261 e. The van der Waals surface area contributed by atoms with E-state index in [1.54, 1.807) is 0 Å². The average molecular weight is 693 g/mol. The molecule has 1 aromatic heterocycles. The minimum absolute atomic E-state index is 0.132. The summed E-state index contributed by atoms with van der Waals surface area (Å²) in [6.45, 7) is 16.6. The molecule has 3 aromatic rings. The summed E-state index contributed by atoms with van der Waals surface area (Å²) in [6, 6.07) is 12.1. The number of hydrogen-bond acceptors (Lipinski definition) is 9. The fourth-order valence-electron chi connectivity index (χ4n) is 5.65. The molecule has 0 fully saturated rings. The summed E-state index contributed by atoms with van der Waals surface area (Å²) in [5.74, 6) is 1.62. The first-order valence-corrected chi connectivity index (χ1v) is 18.3. The largest absolute Gasteiger partial charge is 0.480 e. The van der Waals surface area contributed by atoms with E-state index in [9.17, 15) is 9.00 Å². The fourth-order valence-corrected chi connectivity index (χ4v) is 6.02. The number of benzene rings is 2. The van der Waals surface area contributed by atoms with Gasteiger partial charge in [0.15, 0.2) is 11.9 Å². The Bertz CT molecular complexity index is 1670. The van der Waals surface area contributed by atoms with Crippen molar-refractivity contribution in [2.75, 3.05) is 38.2 Å². The number of rotatable bonds is 19.